The molecule has 2 aromatic carbocycles. The summed E-state index contributed by atoms with van der Waals surface area (Å²) in [6, 6.07) is 17.1. The predicted octanol–water partition coefficient (Wildman–Crippen LogP) is 2.72. The molecule has 1 N–H and O–H groups in total. The van der Waals surface area contributed by atoms with Gasteiger partial charge in [-0.3, -0.25) is 9.80 Å². The largest absolute Gasteiger partial charge is 0.396 e. The second-order valence-corrected chi connectivity index (χ2v) is 7.58. The Morgan fingerprint density at radius 2 is 1.93 bits per heavy atom. The highest BCUT2D eigenvalue weighted by atomic mass is 16.6. The first kappa shape index (κ1) is 19.1. The number of fused-ring (bicyclic) bond motifs is 1. The Hall–Kier alpha value is -2.28. The maximum atomic E-state index is 9.55. The molecule has 0 aliphatic carbocycles. The van der Waals surface area contributed by atoms with Crippen molar-refractivity contribution in [3.05, 3.63) is 59.7 Å². The van der Waals surface area contributed by atoms with Gasteiger partial charge in [0.15, 0.2) is 0 Å². The van der Waals surface area contributed by atoms with Gasteiger partial charge in [0, 0.05) is 38.8 Å². The Morgan fingerprint density at radius 1 is 1.04 bits per heavy atom. The molecule has 2 heterocycles. The van der Waals surface area contributed by atoms with Gasteiger partial charge in [-0.15, -0.1) is 0 Å². The van der Waals surface area contributed by atoms with E-state index in [9.17, 15) is 5.11 Å². The Balaban J connectivity index is 1.34. The van der Waals surface area contributed by atoms with Crippen molar-refractivity contribution < 1.29 is 9.74 Å². The van der Waals surface area contributed by atoms with Crippen molar-refractivity contribution in [2.75, 3.05) is 32.8 Å². The lowest BCUT2D eigenvalue weighted by molar-refractivity contribution is 0.0548. The van der Waals surface area contributed by atoms with Gasteiger partial charge in [0.2, 0.25) is 0 Å². The van der Waals surface area contributed by atoms with Gasteiger partial charge in [0.05, 0.1) is 0 Å². The van der Waals surface area contributed by atoms with Crippen molar-refractivity contribution in [2.24, 2.45) is 0 Å². The minimum Gasteiger partial charge on any atom is -0.396 e. The van der Waals surface area contributed by atoms with Gasteiger partial charge in [0.25, 0.3) is 0 Å². The van der Waals surface area contributed by atoms with E-state index in [1.807, 2.05) is 12.1 Å². The second-order valence-electron chi connectivity index (χ2n) is 7.58. The molecule has 28 heavy (non-hydrogen) atoms. The van der Waals surface area contributed by atoms with E-state index < -0.39 is 0 Å². The Labute approximate surface area is 165 Å². The molecule has 0 bridgehead atoms. The molecule has 1 aromatic heterocycles. The molecule has 148 valence electrons. The maximum Gasteiger partial charge on any atom is 0.139 e. The van der Waals surface area contributed by atoms with E-state index in [0.29, 0.717) is 6.04 Å². The molecule has 0 saturated carbocycles. The fourth-order valence-corrected chi connectivity index (χ4v) is 4.18. The van der Waals surface area contributed by atoms with Crippen LogP contribution < -0.4 is 0 Å². The molecule has 0 radical (unpaired) electrons. The molecule has 3 aromatic rings. The first-order valence-electron chi connectivity index (χ1n) is 10.1. The van der Waals surface area contributed by atoms with Crippen LogP contribution in [0, 0.1) is 0 Å². The number of aryl methyl sites for hydroxylation is 1. The lowest BCUT2D eigenvalue weighted by atomic mass is 10.1. The molecule has 1 aliphatic rings. The van der Waals surface area contributed by atoms with Gasteiger partial charge in [-0.2, -0.15) is 0 Å². The molecule has 0 spiro atoms. The molecular weight excluding hydrogens is 352 g/mol. The standard InChI is InChI=1S/C22H28N4O2/c27-15-11-20-17-25(16-19-9-4-10-21-22(19)24-28-23-21)13-14-26(20)12-5-8-18-6-2-1-3-7-18/h1-4,6-7,9-10,20,27H,5,8,11-17H2. The molecule has 0 amide bonds. The van der Waals surface area contributed by atoms with E-state index in [1.165, 1.54) is 5.56 Å². The number of benzene rings is 2. The van der Waals surface area contributed by atoms with Crippen LogP contribution in [0.3, 0.4) is 0 Å². The molecule has 4 rings (SSSR count). The van der Waals surface area contributed by atoms with Crippen LogP contribution in [0.4, 0.5) is 0 Å². The van der Waals surface area contributed by atoms with E-state index in [4.69, 9.17) is 4.63 Å². The number of aromatic nitrogens is 2. The van der Waals surface area contributed by atoms with Crippen LogP contribution in [0.1, 0.15) is 24.0 Å². The van der Waals surface area contributed by atoms with Crippen LogP contribution in [0.25, 0.3) is 11.0 Å². The third kappa shape index (κ3) is 4.58. The summed E-state index contributed by atoms with van der Waals surface area (Å²) in [6.07, 6.45) is 3.07. The van der Waals surface area contributed by atoms with Crippen LogP contribution in [-0.4, -0.2) is 64.0 Å². The minimum atomic E-state index is 0.233. The quantitative estimate of drug-likeness (QED) is 0.648. The first-order chi connectivity index (χ1) is 13.8. The van der Waals surface area contributed by atoms with E-state index >= 15 is 0 Å². The van der Waals surface area contributed by atoms with Crippen LogP contribution in [0.2, 0.25) is 0 Å². The van der Waals surface area contributed by atoms with Crippen molar-refractivity contribution in [1.82, 2.24) is 20.1 Å². The van der Waals surface area contributed by atoms with Gasteiger partial charge in [-0.05, 0) is 53.3 Å². The zero-order valence-corrected chi connectivity index (χ0v) is 16.2. The van der Waals surface area contributed by atoms with E-state index in [1.54, 1.807) is 0 Å². The molecule has 6 nitrogen and oxygen atoms in total. The second kappa shape index (κ2) is 9.28. The SMILES string of the molecule is OCCC1CN(Cc2cccc3nonc23)CCN1CCCc1ccccc1. The number of nitrogens with zero attached hydrogens (tertiary/aromatic N) is 4. The van der Waals surface area contributed by atoms with Gasteiger partial charge in [-0.25, -0.2) is 4.63 Å². The number of piperazine rings is 1. The van der Waals surface area contributed by atoms with Crippen LogP contribution in [0.5, 0.6) is 0 Å². The van der Waals surface area contributed by atoms with Crippen LogP contribution in [-0.2, 0) is 13.0 Å². The van der Waals surface area contributed by atoms with E-state index in [-0.39, 0.29) is 6.61 Å². The molecule has 1 fully saturated rings. The Bertz CT molecular complexity index is 867. The molecular formula is C22H28N4O2. The van der Waals surface area contributed by atoms with Gasteiger partial charge in [-0.1, -0.05) is 42.5 Å². The number of hydrogen-bond donors (Lipinski definition) is 1. The normalized spacial score (nSPS) is 18.7. The lowest BCUT2D eigenvalue weighted by Gasteiger charge is -2.41. The summed E-state index contributed by atoms with van der Waals surface area (Å²) in [5, 5.41) is 17.6. The summed E-state index contributed by atoms with van der Waals surface area (Å²) < 4.78 is 4.89. The zero-order valence-electron chi connectivity index (χ0n) is 16.2. The highest BCUT2D eigenvalue weighted by Gasteiger charge is 2.26. The summed E-state index contributed by atoms with van der Waals surface area (Å²) in [4.78, 5) is 5.01. The summed E-state index contributed by atoms with van der Waals surface area (Å²) in [6.45, 7) is 5.17. The third-order valence-corrected chi connectivity index (χ3v) is 5.67. The monoisotopic (exact) mass is 380 g/mol. The highest BCUT2D eigenvalue weighted by Crippen LogP contribution is 2.20. The lowest BCUT2D eigenvalue weighted by Crippen LogP contribution is -2.53. The van der Waals surface area contributed by atoms with Crippen molar-refractivity contribution in [1.29, 1.82) is 0 Å². The van der Waals surface area contributed by atoms with Crippen molar-refractivity contribution in [3.63, 3.8) is 0 Å². The number of hydrogen-bond acceptors (Lipinski definition) is 6. The molecule has 1 aliphatic heterocycles. The van der Waals surface area contributed by atoms with Crippen molar-refractivity contribution >= 4 is 11.0 Å². The number of aliphatic hydroxyl groups is 1. The van der Waals surface area contributed by atoms with E-state index in [0.717, 1.165) is 68.6 Å². The molecule has 1 unspecified atom stereocenters. The minimum absolute atomic E-state index is 0.233. The summed E-state index contributed by atoms with van der Waals surface area (Å²) in [5.74, 6) is 0. The average Bonchev–Trinajstić information content (AvgIpc) is 3.21. The van der Waals surface area contributed by atoms with E-state index in [2.05, 4.69) is 56.5 Å². The summed E-state index contributed by atoms with van der Waals surface area (Å²) in [7, 11) is 0. The smallest absolute Gasteiger partial charge is 0.139 e. The first-order valence-corrected chi connectivity index (χ1v) is 10.1. The molecule has 1 atom stereocenters. The highest BCUT2D eigenvalue weighted by molar-refractivity contribution is 5.76. The number of rotatable bonds is 8. The Morgan fingerprint density at radius 3 is 2.79 bits per heavy atom. The summed E-state index contributed by atoms with van der Waals surface area (Å²) >= 11 is 0. The van der Waals surface area contributed by atoms with Gasteiger partial charge >= 0.3 is 0 Å². The van der Waals surface area contributed by atoms with Gasteiger partial charge in [0.1, 0.15) is 11.0 Å². The number of aliphatic hydroxyl groups excluding tert-OH is 1. The summed E-state index contributed by atoms with van der Waals surface area (Å²) in [5.41, 5.74) is 4.21. The van der Waals surface area contributed by atoms with Crippen molar-refractivity contribution in [3.8, 4) is 0 Å². The molecule has 1 saturated heterocycles. The fourth-order valence-electron chi connectivity index (χ4n) is 4.18. The third-order valence-electron chi connectivity index (χ3n) is 5.67. The maximum absolute atomic E-state index is 9.55. The predicted molar refractivity (Wildman–Crippen MR) is 109 cm³/mol. The van der Waals surface area contributed by atoms with Crippen LogP contribution >= 0.6 is 0 Å². The topological polar surface area (TPSA) is 65.6 Å². The average molecular weight is 380 g/mol. The molecule has 6 heteroatoms. The fraction of sp³-hybridized carbons (Fsp3) is 0.455. The van der Waals surface area contributed by atoms with Gasteiger partial charge < -0.3 is 5.11 Å². The Kier molecular flexibility index (Phi) is 6.31. The van der Waals surface area contributed by atoms with Crippen molar-refractivity contribution in [2.45, 2.75) is 31.8 Å². The zero-order chi connectivity index (χ0) is 19.2. The van der Waals surface area contributed by atoms with Crippen LogP contribution in [0.15, 0.2) is 53.2 Å².